The van der Waals surface area contributed by atoms with Crippen molar-refractivity contribution < 1.29 is 15.0 Å². The lowest BCUT2D eigenvalue weighted by Gasteiger charge is -2.30. The molecule has 8 nitrogen and oxygen atoms in total. The number of nitrogens with zero attached hydrogens (tertiary/aromatic N) is 3. The molecule has 5 aromatic rings. The standard InChI is InChI=1S/C39H42N4O4/c1-3-33-36(40-38(45)35(37(33)44)39(46)47)27-14-15-34-28(16-27)17-32(41(34)2)24-42-22-29-18-31(19-30(29)23-42)43(20-25-10-6-4-7-11-25)21-26-12-8-5-9-13-26/h4-17,29-31H,3,18-24H2,1-2H3,(H,46,47)(H2,40,44,45)/t29-,30+,31+. The van der Waals surface area contributed by atoms with Gasteiger partial charge >= 0.3 is 5.97 Å². The molecule has 3 atom stereocenters. The molecule has 1 saturated carbocycles. The Morgan fingerprint density at radius 3 is 2.11 bits per heavy atom. The number of aryl methyl sites for hydroxylation is 1. The van der Waals surface area contributed by atoms with Crippen LogP contribution in [0, 0.1) is 11.8 Å². The summed E-state index contributed by atoms with van der Waals surface area (Å²) in [7, 11) is 2.10. The summed E-state index contributed by atoms with van der Waals surface area (Å²) < 4.78 is 2.24. The Labute approximate surface area is 274 Å². The van der Waals surface area contributed by atoms with E-state index in [2.05, 4.69) is 93.1 Å². The summed E-state index contributed by atoms with van der Waals surface area (Å²) in [5.74, 6) is -0.508. The van der Waals surface area contributed by atoms with E-state index in [-0.39, 0.29) is 0 Å². The first kappa shape index (κ1) is 31.0. The lowest BCUT2D eigenvalue weighted by atomic mass is 9.99. The highest BCUT2D eigenvalue weighted by Gasteiger charge is 2.42. The molecule has 7 rings (SSSR count). The third-order valence-corrected chi connectivity index (χ3v) is 10.4. The van der Waals surface area contributed by atoms with E-state index in [0.29, 0.717) is 35.6 Å². The second kappa shape index (κ2) is 12.9. The number of hydrogen-bond donors (Lipinski definition) is 3. The molecular formula is C39H42N4O4. The van der Waals surface area contributed by atoms with Crippen LogP contribution in [0.4, 0.5) is 0 Å². The molecule has 2 aliphatic rings. The number of fused-ring (bicyclic) bond motifs is 2. The number of carboxylic acids is 1. The molecule has 3 aromatic carbocycles. The van der Waals surface area contributed by atoms with Gasteiger partial charge in [0.2, 0.25) is 0 Å². The molecule has 0 unspecified atom stereocenters. The predicted octanol–water partition coefficient (Wildman–Crippen LogP) is 6.41. The molecule has 1 aliphatic heterocycles. The maximum atomic E-state index is 12.6. The normalized spacial score (nSPS) is 19.5. The molecule has 242 valence electrons. The number of nitrogens with one attached hydrogen (secondary N) is 1. The van der Waals surface area contributed by atoms with Crippen LogP contribution in [0.25, 0.3) is 22.2 Å². The second-order valence-corrected chi connectivity index (χ2v) is 13.4. The number of pyridine rings is 1. The predicted molar refractivity (Wildman–Crippen MR) is 184 cm³/mol. The number of carboxylic acid groups (broad SMARTS) is 1. The molecule has 8 heteroatoms. The van der Waals surface area contributed by atoms with E-state index in [9.17, 15) is 19.8 Å². The molecule has 2 fully saturated rings. The summed E-state index contributed by atoms with van der Waals surface area (Å²) in [6, 6.07) is 30.4. The summed E-state index contributed by atoms with van der Waals surface area (Å²) in [4.78, 5) is 32.2. The van der Waals surface area contributed by atoms with Crippen LogP contribution in [-0.2, 0) is 33.1 Å². The fraction of sp³-hybridized carbons (Fsp3) is 0.333. The third-order valence-electron chi connectivity index (χ3n) is 10.4. The summed E-state index contributed by atoms with van der Waals surface area (Å²) >= 11 is 0. The van der Waals surface area contributed by atoms with E-state index in [1.807, 2.05) is 25.1 Å². The van der Waals surface area contributed by atoms with Crippen molar-refractivity contribution in [3.63, 3.8) is 0 Å². The minimum atomic E-state index is -1.44. The van der Waals surface area contributed by atoms with Gasteiger partial charge in [0.15, 0.2) is 5.56 Å². The van der Waals surface area contributed by atoms with Crippen LogP contribution in [0.15, 0.2) is 89.7 Å². The van der Waals surface area contributed by atoms with E-state index >= 15 is 0 Å². The van der Waals surface area contributed by atoms with Crippen LogP contribution >= 0.6 is 0 Å². The fourth-order valence-corrected chi connectivity index (χ4v) is 8.10. The van der Waals surface area contributed by atoms with Gasteiger partial charge in [-0.1, -0.05) is 73.7 Å². The average molecular weight is 631 g/mol. The number of likely N-dealkylation sites (tertiary alicyclic amines) is 1. The zero-order chi connectivity index (χ0) is 32.7. The quantitative estimate of drug-likeness (QED) is 0.165. The molecule has 0 bridgehead atoms. The largest absolute Gasteiger partial charge is 0.506 e. The van der Waals surface area contributed by atoms with Crippen LogP contribution in [0.3, 0.4) is 0 Å². The lowest BCUT2D eigenvalue weighted by molar-refractivity contribution is 0.0691. The molecule has 0 amide bonds. The van der Waals surface area contributed by atoms with Crippen LogP contribution in [0.2, 0.25) is 0 Å². The molecule has 3 N–H and O–H groups in total. The number of aromatic amines is 1. The van der Waals surface area contributed by atoms with Gasteiger partial charge in [-0.05, 0) is 66.0 Å². The smallest absolute Gasteiger partial charge is 0.345 e. The van der Waals surface area contributed by atoms with Crippen LogP contribution in [0.1, 0.15) is 52.5 Å². The Kier molecular flexibility index (Phi) is 8.47. The van der Waals surface area contributed by atoms with Crippen LogP contribution in [-0.4, -0.2) is 54.7 Å². The second-order valence-electron chi connectivity index (χ2n) is 13.4. The molecule has 0 radical (unpaired) electrons. The first-order valence-corrected chi connectivity index (χ1v) is 16.6. The molecule has 2 aromatic heterocycles. The molecule has 3 heterocycles. The van der Waals surface area contributed by atoms with E-state index in [1.54, 1.807) is 0 Å². The fourth-order valence-electron chi connectivity index (χ4n) is 8.10. The van der Waals surface area contributed by atoms with Crippen molar-refractivity contribution in [1.82, 2.24) is 19.4 Å². The summed E-state index contributed by atoms with van der Waals surface area (Å²) in [5, 5.41) is 21.1. The van der Waals surface area contributed by atoms with E-state index in [4.69, 9.17) is 0 Å². The van der Waals surface area contributed by atoms with Gasteiger partial charge in [0.25, 0.3) is 5.56 Å². The number of aromatic hydroxyl groups is 1. The summed E-state index contributed by atoms with van der Waals surface area (Å²) in [5.41, 5.74) is 5.27. The SMILES string of the molecule is CCc1c(-c2ccc3c(c2)cc(CN2C[C@H]4C[C@H](N(Cc5ccccc5)Cc5ccccc5)C[C@H]4C2)n3C)[nH]c(=O)c(C(=O)O)c1O. The van der Waals surface area contributed by atoms with Crippen molar-refractivity contribution in [2.75, 3.05) is 13.1 Å². The first-order chi connectivity index (χ1) is 22.8. The Hall–Kier alpha value is -4.66. The highest BCUT2D eigenvalue weighted by atomic mass is 16.4. The molecule has 1 saturated heterocycles. The Morgan fingerprint density at radius 2 is 1.53 bits per heavy atom. The van der Waals surface area contributed by atoms with Crippen molar-refractivity contribution in [3.05, 3.63) is 123 Å². The van der Waals surface area contributed by atoms with Gasteiger partial charge in [-0.2, -0.15) is 0 Å². The van der Waals surface area contributed by atoms with Crippen molar-refractivity contribution in [3.8, 4) is 17.0 Å². The molecule has 1 aliphatic carbocycles. The van der Waals surface area contributed by atoms with Gasteiger partial charge in [-0.3, -0.25) is 14.6 Å². The monoisotopic (exact) mass is 630 g/mol. The maximum Gasteiger partial charge on any atom is 0.345 e. The lowest BCUT2D eigenvalue weighted by Crippen LogP contribution is -2.34. The van der Waals surface area contributed by atoms with Gasteiger partial charge in [0, 0.05) is 68.0 Å². The zero-order valence-corrected chi connectivity index (χ0v) is 27.0. The average Bonchev–Trinajstić information content (AvgIpc) is 3.72. The van der Waals surface area contributed by atoms with E-state index < -0.39 is 22.8 Å². The molecule has 0 spiro atoms. The third kappa shape index (κ3) is 6.11. The summed E-state index contributed by atoms with van der Waals surface area (Å²) in [6.45, 7) is 6.86. The molecular weight excluding hydrogens is 588 g/mol. The van der Waals surface area contributed by atoms with Crippen molar-refractivity contribution in [1.29, 1.82) is 0 Å². The summed E-state index contributed by atoms with van der Waals surface area (Å²) in [6.07, 6.45) is 2.83. The van der Waals surface area contributed by atoms with Gasteiger partial charge in [-0.25, -0.2) is 4.79 Å². The van der Waals surface area contributed by atoms with Crippen molar-refractivity contribution >= 4 is 16.9 Å². The molecule has 47 heavy (non-hydrogen) atoms. The number of hydrogen-bond acceptors (Lipinski definition) is 5. The van der Waals surface area contributed by atoms with Gasteiger partial charge < -0.3 is 19.8 Å². The Balaban J connectivity index is 1.06. The Morgan fingerprint density at radius 1 is 0.915 bits per heavy atom. The van der Waals surface area contributed by atoms with Crippen molar-refractivity contribution in [2.45, 2.75) is 51.9 Å². The van der Waals surface area contributed by atoms with Crippen LogP contribution < -0.4 is 5.56 Å². The van der Waals surface area contributed by atoms with E-state index in [0.717, 1.165) is 49.2 Å². The van der Waals surface area contributed by atoms with E-state index in [1.165, 1.54) is 29.7 Å². The Bertz CT molecular complexity index is 1910. The highest BCUT2D eigenvalue weighted by Crippen LogP contribution is 2.42. The first-order valence-electron chi connectivity index (χ1n) is 16.6. The number of aromatic carboxylic acids is 1. The number of aromatic nitrogens is 2. The van der Waals surface area contributed by atoms with Gasteiger partial charge in [0.1, 0.15) is 5.75 Å². The number of benzene rings is 3. The number of rotatable bonds is 10. The maximum absolute atomic E-state index is 12.6. The minimum Gasteiger partial charge on any atom is -0.506 e. The van der Waals surface area contributed by atoms with Gasteiger partial charge in [0.05, 0.1) is 5.69 Å². The zero-order valence-electron chi connectivity index (χ0n) is 27.0. The topological polar surface area (TPSA) is 102 Å². The van der Waals surface area contributed by atoms with Crippen LogP contribution in [0.5, 0.6) is 5.75 Å². The minimum absolute atomic E-state index is 0.380. The number of carbonyl (C=O) groups is 1. The van der Waals surface area contributed by atoms with Crippen molar-refractivity contribution in [2.24, 2.45) is 18.9 Å². The van der Waals surface area contributed by atoms with Gasteiger partial charge in [-0.15, -0.1) is 0 Å². The highest BCUT2D eigenvalue weighted by molar-refractivity contribution is 5.92. The number of H-pyrrole nitrogens is 1.